The van der Waals surface area contributed by atoms with Crippen LogP contribution in [0.15, 0.2) is 63.9 Å². The Balaban J connectivity index is 2.14. The van der Waals surface area contributed by atoms with Gasteiger partial charge in [-0.2, -0.15) is 4.36 Å². The molecule has 2 aromatic rings. The minimum atomic E-state index is -2.20. The van der Waals surface area contributed by atoms with Gasteiger partial charge in [-0.3, -0.25) is 4.79 Å². The molecule has 0 fully saturated rings. The van der Waals surface area contributed by atoms with Crippen molar-refractivity contribution in [1.29, 1.82) is 0 Å². The van der Waals surface area contributed by atoms with Crippen molar-refractivity contribution >= 4 is 16.5 Å². The van der Waals surface area contributed by atoms with E-state index < -0.39 is 22.5 Å². The summed E-state index contributed by atoms with van der Waals surface area (Å²) in [5.74, 6) is 0.965. The first-order chi connectivity index (χ1) is 11.5. The number of ether oxygens (including phenoxy) is 1. The fourth-order valence-electron chi connectivity index (χ4n) is 2.12. The summed E-state index contributed by atoms with van der Waals surface area (Å²) < 4.78 is 21.7. The molecule has 2 rings (SSSR count). The van der Waals surface area contributed by atoms with Crippen LogP contribution >= 0.6 is 0 Å². The Morgan fingerprint density at radius 2 is 1.79 bits per heavy atom. The molecule has 0 aliphatic rings. The number of benzene rings is 2. The summed E-state index contributed by atoms with van der Waals surface area (Å²) in [4.78, 5) is 12.4. The molecule has 24 heavy (non-hydrogen) atoms. The molecule has 0 bridgehead atoms. The van der Waals surface area contributed by atoms with Gasteiger partial charge >= 0.3 is 0 Å². The third kappa shape index (κ3) is 5.47. The van der Waals surface area contributed by atoms with Crippen molar-refractivity contribution in [3.63, 3.8) is 0 Å². The van der Waals surface area contributed by atoms with Crippen LogP contribution in [0.3, 0.4) is 0 Å². The van der Waals surface area contributed by atoms with Gasteiger partial charge in [-0.15, -0.1) is 0 Å². The molecule has 128 valence electrons. The first-order valence-corrected chi connectivity index (χ1v) is 8.98. The van der Waals surface area contributed by atoms with E-state index in [4.69, 9.17) is 10.5 Å². The Bertz CT molecular complexity index is 769. The van der Waals surface area contributed by atoms with Gasteiger partial charge in [-0.1, -0.05) is 38.1 Å². The van der Waals surface area contributed by atoms with Crippen LogP contribution in [0.5, 0.6) is 11.5 Å². The molecule has 5 nitrogen and oxygen atoms in total. The Labute approximate surface area is 144 Å². The van der Waals surface area contributed by atoms with Gasteiger partial charge in [0.2, 0.25) is 0 Å². The minimum Gasteiger partial charge on any atom is -0.457 e. The topological polar surface area (TPSA) is 81.8 Å². The van der Waals surface area contributed by atoms with E-state index in [1.807, 2.05) is 44.2 Å². The second-order valence-electron chi connectivity index (χ2n) is 5.86. The summed E-state index contributed by atoms with van der Waals surface area (Å²) in [6.07, 6.45) is 0.517. The molecular formula is C18H22N2O3S. The molecule has 2 atom stereocenters. The van der Waals surface area contributed by atoms with Crippen LogP contribution in [-0.4, -0.2) is 16.2 Å². The van der Waals surface area contributed by atoms with Gasteiger partial charge in [0.05, 0.1) is 16.6 Å². The molecule has 0 radical (unpaired) electrons. The molecule has 0 aliphatic heterocycles. The fourth-order valence-corrected chi connectivity index (χ4v) is 3.01. The molecule has 2 aromatic carbocycles. The second kappa shape index (κ2) is 8.61. The number of rotatable bonds is 6. The van der Waals surface area contributed by atoms with Crippen molar-refractivity contribution in [3.05, 3.63) is 54.6 Å². The van der Waals surface area contributed by atoms with Crippen molar-refractivity contribution < 1.29 is 13.7 Å². The molecule has 0 aromatic heterocycles. The van der Waals surface area contributed by atoms with Crippen molar-refractivity contribution in [1.82, 2.24) is 0 Å². The van der Waals surface area contributed by atoms with Crippen molar-refractivity contribution in [2.24, 2.45) is 16.0 Å². The average molecular weight is 346 g/mol. The van der Waals surface area contributed by atoms with Crippen LogP contribution in [0.2, 0.25) is 0 Å². The van der Waals surface area contributed by atoms with E-state index in [9.17, 15) is 9.00 Å². The number of nitrogens with two attached hydrogens (primary N) is 1. The van der Waals surface area contributed by atoms with E-state index in [1.165, 1.54) is 0 Å². The molecule has 0 saturated heterocycles. The quantitative estimate of drug-likeness (QED) is 0.786. The standard InChI is InChI=1S/C18H22N2O3S/c1-13(2)11-17(19)18(21)20-24(22)16-10-6-9-15(12-16)23-14-7-4-3-5-8-14/h3-10,12-13,17,24H,11,19H2,1-2H3/t17-/m0/s1. The number of amides is 1. The van der Waals surface area contributed by atoms with E-state index in [-0.39, 0.29) is 5.92 Å². The summed E-state index contributed by atoms with van der Waals surface area (Å²) >= 11 is 0. The van der Waals surface area contributed by atoms with Crippen LogP contribution in [0, 0.1) is 5.92 Å². The Kier molecular flexibility index (Phi) is 6.52. The van der Waals surface area contributed by atoms with Crippen molar-refractivity contribution in [3.8, 4) is 11.5 Å². The smallest absolute Gasteiger partial charge is 0.270 e. The maximum atomic E-state index is 12.3. The SMILES string of the molecule is CC(C)C[C@H](N)C(=O)/N=[SH](=O)/c1cccc(Oc2ccccc2)c1. The maximum absolute atomic E-state index is 12.3. The van der Waals surface area contributed by atoms with E-state index in [1.54, 1.807) is 24.3 Å². The van der Waals surface area contributed by atoms with Crippen LogP contribution in [-0.2, 0) is 15.4 Å². The molecule has 6 heteroatoms. The monoisotopic (exact) mass is 346 g/mol. The van der Waals surface area contributed by atoms with Gasteiger partial charge in [-0.25, -0.2) is 4.21 Å². The summed E-state index contributed by atoms with van der Waals surface area (Å²) in [5, 5.41) is 0. The fraction of sp³-hybridized carbons (Fsp3) is 0.278. The average Bonchev–Trinajstić information content (AvgIpc) is 2.55. The minimum absolute atomic E-state index is 0.277. The van der Waals surface area contributed by atoms with E-state index >= 15 is 0 Å². The zero-order valence-electron chi connectivity index (χ0n) is 13.8. The number of para-hydroxylation sites is 1. The third-order valence-corrected chi connectivity index (χ3v) is 4.35. The van der Waals surface area contributed by atoms with Gasteiger partial charge < -0.3 is 10.5 Å². The normalized spacial score (nSPS) is 13.7. The van der Waals surface area contributed by atoms with E-state index in [0.29, 0.717) is 22.8 Å². The highest BCUT2D eigenvalue weighted by molar-refractivity contribution is 7.75. The third-order valence-electron chi connectivity index (χ3n) is 3.25. The highest BCUT2D eigenvalue weighted by Crippen LogP contribution is 2.22. The number of hydrogen-bond acceptors (Lipinski definition) is 4. The number of thiol groups is 1. The van der Waals surface area contributed by atoms with Gasteiger partial charge in [-0.05, 0) is 42.7 Å². The van der Waals surface area contributed by atoms with Crippen LogP contribution in [0.1, 0.15) is 20.3 Å². The van der Waals surface area contributed by atoms with Gasteiger partial charge in [0.1, 0.15) is 11.5 Å². The Hall–Kier alpha value is -2.18. The predicted molar refractivity (Wildman–Crippen MR) is 95.6 cm³/mol. The maximum Gasteiger partial charge on any atom is 0.270 e. The molecular weight excluding hydrogens is 324 g/mol. The summed E-state index contributed by atoms with van der Waals surface area (Å²) in [6.45, 7) is 3.94. The molecule has 0 saturated carbocycles. The summed E-state index contributed by atoms with van der Waals surface area (Å²) in [7, 11) is -2.20. The van der Waals surface area contributed by atoms with Crippen LogP contribution in [0.25, 0.3) is 0 Å². The highest BCUT2D eigenvalue weighted by Gasteiger charge is 2.14. The second-order valence-corrected chi connectivity index (χ2v) is 7.12. The summed E-state index contributed by atoms with van der Waals surface area (Å²) in [5.41, 5.74) is 5.78. The number of nitrogens with zero attached hydrogens (tertiary/aromatic N) is 1. The first kappa shape index (κ1) is 18.2. The summed E-state index contributed by atoms with van der Waals surface area (Å²) in [6, 6.07) is 15.3. The van der Waals surface area contributed by atoms with Crippen LogP contribution in [0.4, 0.5) is 0 Å². The van der Waals surface area contributed by atoms with Crippen molar-refractivity contribution in [2.45, 2.75) is 31.2 Å². The molecule has 0 heterocycles. The lowest BCUT2D eigenvalue weighted by Crippen LogP contribution is -2.30. The van der Waals surface area contributed by atoms with Crippen molar-refractivity contribution in [2.75, 3.05) is 0 Å². The lowest BCUT2D eigenvalue weighted by atomic mass is 10.0. The Morgan fingerprint density at radius 3 is 2.46 bits per heavy atom. The number of carbonyl (C=O) groups is 1. The van der Waals surface area contributed by atoms with Gasteiger partial charge in [0.25, 0.3) is 5.91 Å². The molecule has 1 amide bonds. The number of hydrogen-bond donors (Lipinski definition) is 2. The predicted octanol–water partition coefficient (Wildman–Crippen LogP) is 3.40. The van der Waals surface area contributed by atoms with Gasteiger partial charge in [0.15, 0.2) is 0 Å². The molecule has 1 unspecified atom stereocenters. The molecule has 0 spiro atoms. The lowest BCUT2D eigenvalue weighted by Gasteiger charge is -2.09. The zero-order chi connectivity index (χ0) is 17.5. The van der Waals surface area contributed by atoms with Crippen LogP contribution < -0.4 is 10.5 Å². The first-order valence-electron chi connectivity index (χ1n) is 7.77. The molecule has 2 N–H and O–H groups in total. The largest absolute Gasteiger partial charge is 0.457 e. The number of carbonyl (C=O) groups excluding carboxylic acids is 1. The Morgan fingerprint density at radius 1 is 1.12 bits per heavy atom. The highest BCUT2D eigenvalue weighted by atomic mass is 32.2. The molecule has 0 aliphatic carbocycles. The van der Waals surface area contributed by atoms with E-state index in [2.05, 4.69) is 4.36 Å². The lowest BCUT2D eigenvalue weighted by molar-refractivity contribution is -0.119. The zero-order valence-corrected chi connectivity index (χ0v) is 14.6. The van der Waals surface area contributed by atoms with Gasteiger partial charge in [0, 0.05) is 4.90 Å². The van der Waals surface area contributed by atoms with E-state index in [0.717, 1.165) is 0 Å².